The third kappa shape index (κ3) is 37.2. The number of aliphatic imine (C=N–C) groups is 2. The van der Waals surface area contributed by atoms with Crippen molar-refractivity contribution in [2.45, 2.75) is 203 Å². The number of nitrogens with zero attached hydrogens (tertiary/aromatic N) is 3. The van der Waals surface area contributed by atoms with Crippen molar-refractivity contribution in [2.24, 2.45) is 67.5 Å². The SMILES string of the molecule is CC[C@H](C)[C@H](NC(=O)[C@H](CC(=O)O)NC(=O)CNC(=O)[C@H](CCCCN)NC(=O)[C@H](CCCN=C(N)N)NC(=O)[C@H](CCCCN)NC(=O)CCCCCN)C(=O)N[C@@H](CCCN=C(N)N)C(=O)N[C@@H](CCC(N)=O)C(=O)N[C@@H](C)C(=O)N[C@@H](Cc1cnc[nH]1)C(=O)N[C@@H](CS)C(N)=O. The maximum atomic E-state index is 14.4. The van der Waals surface area contributed by atoms with E-state index in [0.717, 1.165) is 0 Å². The molecule has 1 rings (SSSR count). The molecule has 31 N–H and O–H groups in total. The molecule has 1 heterocycles. The summed E-state index contributed by atoms with van der Waals surface area (Å²) in [5, 5.41) is 37.4. The van der Waals surface area contributed by atoms with E-state index in [1.165, 1.54) is 26.4 Å². The number of guanidine groups is 2. The Hall–Kier alpha value is -9.44. The first-order valence-corrected chi connectivity index (χ1v) is 33.4. The Bertz CT molecular complexity index is 2850. The van der Waals surface area contributed by atoms with Crippen molar-refractivity contribution in [3.05, 3.63) is 18.2 Å². The summed E-state index contributed by atoms with van der Waals surface area (Å²) in [5.74, 6) is -14.9. The van der Waals surface area contributed by atoms with Crippen LogP contribution in [0, 0.1) is 5.92 Å². The van der Waals surface area contributed by atoms with Crippen LogP contribution in [0.3, 0.4) is 0 Å². The van der Waals surface area contributed by atoms with Gasteiger partial charge in [-0.1, -0.05) is 26.7 Å². The smallest absolute Gasteiger partial charge is 0.305 e. The largest absolute Gasteiger partial charge is 0.481 e. The van der Waals surface area contributed by atoms with E-state index in [1.807, 2.05) is 0 Å². The van der Waals surface area contributed by atoms with Crippen molar-refractivity contribution in [2.75, 3.05) is 45.0 Å². The Morgan fingerprint density at radius 2 is 0.939 bits per heavy atom. The van der Waals surface area contributed by atoms with Crippen LogP contribution >= 0.6 is 12.6 Å². The topological polar surface area (TPSA) is 679 Å². The number of carbonyl (C=O) groups excluding carboxylic acids is 13. The number of H-pyrrole nitrogens is 1. The zero-order valence-electron chi connectivity index (χ0n) is 56.5. The standard InChI is InChI=1S/C59H106N24O15S/c1-4-32(2)47(57(98)80-38(17-13-25-71-59(67)68)54(95)79-39(19-20-43(63)84)51(92)74-33(3)49(90)81-40(26-34-28-69-31-73-34)55(96)82-42(30-99)48(64)89)83-56(97)41(27-46(87)88)76-45(86)29-72-50(91)35(14-7-10-22-61)77-53(94)37(16-12-24-70-58(65)66)78-52(93)36(15-8-11-23-62)75-44(85)18-6-5-9-21-60/h28,31-33,35-42,47,99H,4-27,29-30,60-62H2,1-3H3,(H2,63,84)(H2,64,89)(H,69,73)(H,72,91)(H,74,92)(H,75,85)(H,76,86)(H,77,94)(H,78,93)(H,79,95)(H,80,98)(H,81,90)(H,82,96)(H,83,97)(H,87,88)(H4,65,66,70)(H4,67,68,71)/t32-,33-,35-,36-,37-,38-,39-,40-,41-,42-,47-/m0/s1. The second-order valence-corrected chi connectivity index (χ2v) is 23.8. The zero-order chi connectivity index (χ0) is 74.6. The number of nitrogens with one attached hydrogen (secondary N) is 12. The average molecular weight is 1420 g/mol. The van der Waals surface area contributed by atoms with Crippen molar-refractivity contribution in [3.8, 4) is 0 Å². The number of amides is 13. The number of aromatic amines is 1. The van der Waals surface area contributed by atoms with E-state index in [0.29, 0.717) is 57.3 Å². The Kier molecular flexibility index (Phi) is 43.5. The van der Waals surface area contributed by atoms with Crippen molar-refractivity contribution in [1.82, 2.24) is 68.5 Å². The highest BCUT2D eigenvalue weighted by molar-refractivity contribution is 7.80. The summed E-state index contributed by atoms with van der Waals surface area (Å²) < 4.78 is 0. The van der Waals surface area contributed by atoms with Crippen molar-refractivity contribution in [1.29, 1.82) is 0 Å². The normalized spacial score (nSPS) is 14.3. The molecule has 40 heteroatoms. The lowest BCUT2D eigenvalue weighted by Crippen LogP contribution is -2.61. The van der Waals surface area contributed by atoms with Crippen molar-refractivity contribution >= 4 is 107 Å². The molecule has 1 aromatic heterocycles. The Morgan fingerprint density at radius 1 is 0.495 bits per heavy atom. The molecule has 0 radical (unpaired) electrons. The van der Waals surface area contributed by atoms with Crippen LogP contribution < -0.4 is 110 Å². The molecule has 0 bridgehead atoms. The number of nitrogens with two attached hydrogens (primary N) is 9. The minimum absolute atomic E-state index is 0.00764. The number of carbonyl (C=O) groups is 14. The third-order valence-electron chi connectivity index (χ3n) is 15.2. The first-order chi connectivity index (χ1) is 46.9. The predicted molar refractivity (Wildman–Crippen MR) is 367 cm³/mol. The number of thiol groups is 1. The van der Waals surface area contributed by atoms with E-state index in [4.69, 9.17) is 51.6 Å². The van der Waals surface area contributed by atoms with Gasteiger partial charge in [-0.2, -0.15) is 12.6 Å². The second kappa shape index (κ2) is 49.1. The second-order valence-electron chi connectivity index (χ2n) is 23.5. The van der Waals surface area contributed by atoms with E-state index >= 15 is 0 Å². The number of imidazole rings is 1. The summed E-state index contributed by atoms with van der Waals surface area (Å²) in [5.41, 5.74) is 50.2. The summed E-state index contributed by atoms with van der Waals surface area (Å²) in [7, 11) is 0. The number of carboxylic acid groups (broad SMARTS) is 1. The molecule has 0 aliphatic carbocycles. The number of aromatic nitrogens is 2. The van der Waals surface area contributed by atoms with E-state index in [9.17, 15) is 72.2 Å². The molecule has 0 saturated heterocycles. The molecular weight excluding hydrogens is 1320 g/mol. The Morgan fingerprint density at radius 3 is 1.41 bits per heavy atom. The van der Waals surface area contributed by atoms with Gasteiger partial charge in [0.2, 0.25) is 76.8 Å². The predicted octanol–water partition coefficient (Wildman–Crippen LogP) is -7.98. The number of hydrogen-bond acceptors (Lipinski definition) is 21. The minimum Gasteiger partial charge on any atom is -0.481 e. The van der Waals surface area contributed by atoms with Gasteiger partial charge in [0, 0.05) is 50.0 Å². The molecule has 558 valence electrons. The number of carboxylic acids is 1. The number of aliphatic carboxylic acids is 1. The van der Waals surface area contributed by atoms with Gasteiger partial charge in [0.15, 0.2) is 11.9 Å². The lowest BCUT2D eigenvalue weighted by molar-refractivity contribution is -0.141. The molecule has 1 aromatic rings. The van der Waals surface area contributed by atoms with Crippen LogP contribution in [0.2, 0.25) is 0 Å². The summed E-state index contributed by atoms with van der Waals surface area (Å²) in [6, 6.07) is -14.5. The summed E-state index contributed by atoms with van der Waals surface area (Å²) >= 11 is 4.04. The molecular formula is C59H106N24O15S. The summed E-state index contributed by atoms with van der Waals surface area (Å²) in [6.07, 6.45) is 4.49. The fraction of sp³-hybridized carbons (Fsp3) is 0.678. The number of primary amides is 2. The van der Waals surface area contributed by atoms with Crippen LogP contribution in [0.15, 0.2) is 22.5 Å². The van der Waals surface area contributed by atoms with Crippen LogP contribution in [-0.2, 0) is 73.5 Å². The summed E-state index contributed by atoms with van der Waals surface area (Å²) in [4.78, 5) is 203. The van der Waals surface area contributed by atoms with Gasteiger partial charge < -0.3 is 120 Å². The van der Waals surface area contributed by atoms with Gasteiger partial charge >= 0.3 is 5.97 Å². The lowest BCUT2D eigenvalue weighted by atomic mass is 9.96. The molecule has 0 aromatic carbocycles. The van der Waals surface area contributed by atoms with Gasteiger partial charge in [-0.25, -0.2) is 4.98 Å². The lowest BCUT2D eigenvalue weighted by Gasteiger charge is -2.29. The minimum atomic E-state index is -1.91. The van der Waals surface area contributed by atoms with E-state index in [2.05, 4.69) is 91.1 Å². The highest BCUT2D eigenvalue weighted by atomic mass is 32.1. The molecule has 11 atom stereocenters. The van der Waals surface area contributed by atoms with Crippen LogP contribution in [0.4, 0.5) is 0 Å². The third-order valence-corrected chi connectivity index (χ3v) is 15.6. The monoisotopic (exact) mass is 1420 g/mol. The van der Waals surface area contributed by atoms with E-state index < -0.39 is 175 Å². The Balaban J connectivity index is 3.51. The molecule has 0 aliphatic heterocycles. The first-order valence-electron chi connectivity index (χ1n) is 32.8. The number of hydrogen-bond donors (Lipinski definition) is 23. The maximum absolute atomic E-state index is 14.4. The quantitative estimate of drug-likeness (QED) is 0.0125. The van der Waals surface area contributed by atoms with Gasteiger partial charge in [-0.05, 0) is 116 Å². The average Bonchev–Trinajstić information content (AvgIpc) is 1.19. The molecule has 0 saturated carbocycles. The molecule has 0 unspecified atom stereocenters. The number of rotatable bonds is 53. The molecule has 0 aliphatic rings. The van der Waals surface area contributed by atoms with Crippen LogP contribution in [0.25, 0.3) is 0 Å². The van der Waals surface area contributed by atoms with Gasteiger partial charge in [0.05, 0.1) is 19.3 Å². The Labute approximate surface area is 579 Å². The molecule has 0 fully saturated rings. The molecule has 99 heavy (non-hydrogen) atoms. The van der Waals surface area contributed by atoms with Crippen LogP contribution in [0.5, 0.6) is 0 Å². The van der Waals surface area contributed by atoms with Gasteiger partial charge in [0.25, 0.3) is 0 Å². The van der Waals surface area contributed by atoms with Crippen molar-refractivity contribution < 1.29 is 72.2 Å². The summed E-state index contributed by atoms with van der Waals surface area (Å²) in [6.45, 7) is 4.47. The van der Waals surface area contributed by atoms with Gasteiger partial charge in [-0.15, -0.1) is 0 Å². The number of unbranched alkanes of at least 4 members (excludes halogenated alkanes) is 4. The zero-order valence-corrected chi connectivity index (χ0v) is 57.4. The highest BCUT2D eigenvalue weighted by Gasteiger charge is 2.37. The van der Waals surface area contributed by atoms with E-state index in [1.54, 1.807) is 6.92 Å². The maximum Gasteiger partial charge on any atom is 0.305 e. The van der Waals surface area contributed by atoms with Crippen molar-refractivity contribution in [3.63, 3.8) is 0 Å². The van der Waals surface area contributed by atoms with Gasteiger partial charge in [-0.3, -0.25) is 77.1 Å². The molecule has 0 spiro atoms. The fourth-order valence-electron chi connectivity index (χ4n) is 9.43. The van der Waals surface area contributed by atoms with Crippen LogP contribution in [-0.4, -0.2) is 215 Å². The van der Waals surface area contributed by atoms with Crippen LogP contribution in [0.1, 0.15) is 142 Å². The highest BCUT2D eigenvalue weighted by Crippen LogP contribution is 2.14. The molecule has 39 nitrogen and oxygen atoms in total. The molecule has 13 amide bonds. The van der Waals surface area contributed by atoms with E-state index in [-0.39, 0.29) is 102 Å². The van der Waals surface area contributed by atoms with Gasteiger partial charge in [0.1, 0.15) is 60.4 Å². The first kappa shape index (κ1) is 87.6. The fourth-order valence-corrected chi connectivity index (χ4v) is 9.70.